The Bertz CT molecular complexity index is 594. The fraction of sp³-hybridized carbons (Fsp3) is 0.389. The largest absolute Gasteiger partial charge is 0.495 e. The standard InChI is InChI=1S/C18H23N3O/c1-15(16-6-5-9-19-14-16)20-10-12-21(13-11-20)17-7-3-4-8-18(17)22-2/h3-9,14-15H,10-13H2,1-2H3. The van der Waals surface area contributed by atoms with Crippen LogP contribution in [0.5, 0.6) is 5.75 Å². The summed E-state index contributed by atoms with van der Waals surface area (Å²) in [6.45, 7) is 6.40. The van der Waals surface area contributed by atoms with Gasteiger partial charge in [0.05, 0.1) is 12.8 Å². The van der Waals surface area contributed by atoms with Crippen LogP contribution in [0.3, 0.4) is 0 Å². The molecule has 0 amide bonds. The predicted molar refractivity (Wildman–Crippen MR) is 89.4 cm³/mol. The van der Waals surface area contributed by atoms with Gasteiger partial charge in [0.2, 0.25) is 0 Å². The molecule has 1 aromatic carbocycles. The molecule has 0 N–H and O–H groups in total. The molecule has 0 aliphatic carbocycles. The van der Waals surface area contributed by atoms with Crippen molar-refractivity contribution in [3.63, 3.8) is 0 Å². The molecule has 0 radical (unpaired) electrons. The molecule has 1 aliphatic rings. The average Bonchev–Trinajstić information content (AvgIpc) is 2.62. The second-order valence-electron chi connectivity index (χ2n) is 5.66. The van der Waals surface area contributed by atoms with Gasteiger partial charge in [0, 0.05) is 44.6 Å². The monoisotopic (exact) mass is 297 g/mol. The van der Waals surface area contributed by atoms with Crippen LogP contribution in [0.15, 0.2) is 48.8 Å². The number of aromatic nitrogens is 1. The van der Waals surface area contributed by atoms with E-state index < -0.39 is 0 Å². The maximum Gasteiger partial charge on any atom is 0.142 e. The first-order chi connectivity index (χ1) is 10.8. The lowest BCUT2D eigenvalue weighted by Crippen LogP contribution is -2.47. The number of hydrogen-bond acceptors (Lipinski definition) is 4. The first-order valence-corrected chi connectivity index (χ1v) is 7.81. The third-order valence-corrected chi connectivity index (χ3v) is 4.45. The molecule has 1 aliphatic heterocycles. The molecule has 3 rings (SSSR count). The molecule has 0 saturated carbocycles. The first kappa shape index (κ1) is 14.9. The van der Waals surface area contributed by atoms with Crippen LogP contribution < -0.4 is 9.64 Å². The molecular weight excluding hydrogens is 274 g/mol. The lowest BCUT2D eigenvalue weighted by atomic mass is 10.1. The van der Waals surface area contributed by atoms with Crippen LogP contribution in [0.1, 0.15) is 18.5 Å². The average molecular weight is 297 g/mol. The molecule has 1 unspecified atom stereocenters. The second kappa shape index (κ2) is 6.79. The molecule has 0 spiro atoms. The molecule has 1 aromatic heterocycles. The Morgan fingerprint density at radius 1 is 1.05 bits per heavy atom. The smallest absolute Gasteiger partial charge is 0.142 e. The summed E-state index contributed by atoms with van der Waals surface area (Å²) < 4.78 is 5.48. The van der Waals surface area contributed by atoms with Crippen molar-refractivity contribution >= 4 is 5.69 Å². The molecule has 1 saturated heterocycles. The van der Waals surface area contributed by atoms with Crippen molar-refractivity contribution in [1.82, 2.24) is 9.88 Å². The third kappa shape index (κ3) is 3.07. The summed E-state index contributed by atoms with van der Waals surface area (Å²) in [4.78, 5) is 9.16. The van der Waals surface area contributed by atoms with Gasteiger partial charge in [-0.2, -0.15) is 0 Å². The van der Waals surface area contributed by atoms with E-state index in [0.29, 0.717) is 6.04 Å². The molecule has 1 atom stereocenters. The maximum absolute atomic E-state index is 5.48. The molecule has 22 heavy (non-hydrogen) atoms. The lowest BCUT2D eigenvalue weighted by Gasteiger charge is -2.39. The Kier molecular flexibility index (Phi) is 4.59. The van der Waals surface area contributed by atoms with E-state index in [1.165, 1.54) is 11.3 Å². The Labute approximate surface area is 132 Å². The minimum absolute atomic E-state index is 0.411. The van der Waals surface area contributed by atoms with Crippen molar-refractivity contribution in [1.29, 1.82) is 0 Å². The van der Waals surface area contributed by atoms with Crippen LogP contribution in [0.4, 0.5) is 5.69 Å². The second-order valence-corrected chi connectivity index (χ2v) is 5.66. The van der Waals surface area contributed by atoms with E-state index in [2.05, 4.69) is 39.9 Å². The molecular formula is C18H23N3O. The van der Waals surface area contributed by atoms with Gasteiger partial charge >= 0.3 is 0 Å². The summed E-state index contributed by atoms with van der Waals surface area (Å²) in [5, 5.41) is 0. The zero-order valence-electron chi connectivity index (χ0n) is 13.3. The number of para-hydroxylation sites is 2. The van der Waals surface area contributed by atoms with Gasteiger partial charge in [0.25, 0.3) is 0 Å². The number of hydrogen-bond donors (Lipinski definition) is 0. The maximum atomic E-state index is 5.48. The Morgan fingerprint density at radius 2 is 1.82 bits per heavy atom. The van der Waals surface area contributed by atoms with Crippen LogP contribution in [0.25, 0.3) is 0 Å². The van der Waals surface area contributed by atoms with E-state index >= 15 is 0 Å². The van der Waals surface area contributed by atoms with Crippen LogP contribution in [-0.4, -0.2) is 43.2 Å². The molecule has 0 bridgehead atoms. The normalized spacial score (nSPS) is 17.3. The quantitative estimate of drug-likeness (QED) is 0.867. The van der Waals surface area contributed by atoms with E-state index in [4.69, 9.17) is 4.74 Å². The minimum atomic E-state index is 0.411. The molecule has 116 valence electrons. The van der Waals surface area contributed by atoms with Gasteiger partial charge in [-0.15, -0.1) is 0 Å². The van der Waals surface area contributed by atoms with E-state index in [0.717, 1.165) is 31.9 Å². The lowest BCUT2D eigenvalue weighted by molar-refractivity contribution is 0.198. The summed E-state index contributed by atoms with van der Waals surface area (Å²) >= 11 is 0. The van der Waals surface area contributed by atoms with Crippen LogP contribution >= 0.6 is 0 Å². The molecule has 1 fully saturated rings. The highest BCUT2D eigenvalue weighted by atomic mass is 16.5. The highest BCUT2D eigenvalue weighted by molar-refractivity contribution is 5.58. The van der Waals surface area contributed by atoms with Crippen LogP contribution in [0, 0.1) is 0 Å². The fourth-order valence-corrected chi connectivity index (χ4v) is 3.08. The zero-order valence-corrected chi connectivity index (χ0v) is 13.3. The summed E-state index contributed by atoms with van der Waals surface area (Å²) in [6.07, 6.45) is 3.80. The van der Waals surface area contributed by atoms with Crippen molar-refractivity contribution in [2.45, 2.75) is 13.0 Å². The molecule has 4 heteroatoms. The number of methoxy groups -OCH3 is 1. The van der Waals surface area contributed by atoms with Crippen molar-refractivity contribution in [3.8, 4) is 5.75 Å². The first-order valence-electron chi connectivity index (χ1n) is 7.81. The third-order valence-electron chi connectivity index (χ3n) is 4.45. The van der Waals surface area contributed by atoms with Gasteiger partial charge in [0.1, 0.15) is 5.75 Å². The summed E-state index contributed by atoms with van der Waals surface area (Å²) in [5.41, 5.74) is 2.48. The van der Waals surface area contributed by atoms with Crippen molar-refractivity contribution in [3.05, 3.63) is 54.4 Å². The SMILES string of the molecule is COc1ccccc1N1CCN(C(C)c2cccnc2)CC1. The van der Waals surface area contributed by atoms with Gasteiger partial charge in [-0.25, -0.2) is 0 Å². The van der Waals surface area contributed by atoms with Crippen LogP contribution in [-0.2, 0) is 0 Å². The number of pyridine rings is 1. The Morgan fingerprint density at radius 3 is 2.50 bits per heavy atom. The van der Waals surface area contributed by atoms with Crippen molar-refractivity contribution in [2.75, 3.05) is 38.2 Å². The zero-order chi connectivity index (χ0) is 15.4. The van der Waals surface area contributed by atoms with Gasteiger partial charge in [-0.05, 0) is 30.7 Å². The molecule has 2 heterocycles. The number of piperazine rings is 1. The Balaban J connectivity index is 1.65. The van der Waals surface area contributed by atoms with E-state index in [-0.39, 0.29) is 0 Å². The summed E-state index contributed by atoms with van der Waals surface area (Å²) in [6, 6.07) is 12.8. The summed E-state index contributed by atoms with van der Waals surface area (Å²) in [5.74, 6) is 0.955. The number of anilines is 1. The van der Waals surface area contributed by atoms with E-state index in [1.54, 1.807) is 7.11 Å². The van der Waals surface area contributed by atoms with Crippen molar-refractivity contribution < 1.29 is 4.74 Å². The van der Waals surface area contributed by atoms with E-state index in [1.807, 2.05) is 30.6 Å². The summed E-state index contributed by atoms with van der Waals surface area (Å²) in [7, 11) is 1.74. The van der Waals surface area contributed by atoms with Crippen LogP contribution in [0.2, 0.25) is 0 Å². The number of rotatable bonds is 4. The molecule has 2 aromatic rings. The highest BCUT2D eigenvalue weighted by Gasteiger charge is 2.23. The van der Waals surface area contributed by atoms with Crippen molar-refractivity contribution in [2.24, 2.45) is 0 Å². The molecule has 4 nitrogen and oxygen atoms in total. The minimum Gasteiger partial charge on any atom is -0.495 e. The van der Waals surface area contributed by atoms with Gasteiger partial charge in [-0.3, -0.25) is 9.88 Å². The topological polar surface area (TPSA) is 28.6 Å². The van der Waals surface area contributed by atoms with E-state index in [9.17, 15) is 0 Å². The number of ether oxygens (including phenoxy) is 1. The fourth-order valence-electron chi connectivity index (χ4n) is 3.08. The van der Waals surface area contributed by atoms with Gasteiger partial charge in [0.15, 0.2) is 0 Å². The van der Waals surface area contributed by atoms with Gasteiger partial charge in [-0.1, -0.05) is 18.2 Å². The van der Waals surface area contributed by atoms with Gasteiger partial charge < -0.3 is 9.64 Å². The number of nitrogens with zero attached hydrogens (tertiary/aromatic N) is 3. The Hall–Kier alpha value is -2.07. The highest BCUT2D eigenvalue weighted by Crippen LogP contribution is 2.29. The predicted octanol–water partition coefficient (Wildman–Crippen LogP) is 2.97. The number of benzene rings is 1.